The lowest BCUT2D eigenvalue weighted by Crippen LogP contribution is -2.48. The topological polar surface area (TPSA) is 183 Å². The van der Waals surface area contributed by atoms with Crippen molar-refractivity contribution in [3.63, 3.8) is 0 Å². The summed E-state index contributed by atoms with van der Waals surface area (Å²) in [6.07, 6.45) is 2.43. The van der Waals surface area contributed by atoms with Crippen molar-refractivity contribution >= 4 is 29.5 Å². The number of tetrazole rings is 1. The van der Waals surface area contributed by atoms with E-state index in [2.05, 4.69) is 60.6 Å². The van der Waals surface area contributed by atoms with Crippen molar-refractivity contribution in [1.29, 1.82) is 0 Å². The Morgan fingerprint density at radius 2 is 1.60 bits per heavy atom. The molecular weight excluding hydrogens is 730 g/mol. The molecule has 304 valence electrons. The molecule has 1 atom stereocenters. The molecule has 3 aromatic carbocycles. The molecule has 1 aliphatic carbocycles. The number of aromatic nitrogens is 4. The summed E-state index contributed by atoms with van der Waals surface area (Å²) in [4.78, 5) is 54.7. The van der Waals surface area contributed by atoms with E-state index in [0.717, 1.165) is 31.5 Å². The highest BCUT2D eigenvalue weighted by Gasteiger charge is 2.30. The zero-order valence-electron chi connectivity index (χ0n) is 33.4. The van der Waals surface area contributed by atoms with Crippen LogP contribution >= 0.6 is 0 Å². The average molecular weight is 784 g/mol. The predicted octanol–water partition coefficient (Wildman–Crippen LogP) is 5.74. The second-order valence-corrected chi connectivity index (χ2v) is 15.3. The van der Waals surface area contributed by atoms with E-state index in [1.54, 1.807) is 60.7 Å². The van der Waals surface area contributed by atoms with Gasteiger partial charge in [-0.3, -0.25) is 14.4 Å². The third-order valence-corrected chi connectivity index (χ3v) is 10.1. The number of aromatic amines is 1. The minimum Gasteiger partial charge on any atom is -0.444 e. The first-order valence-corrected chi connectivity index (χ1v) is 19.6. The van der Waals surface area contributed by atoms with Crippen LogP contribution in [0, 0.1) is 17.7 Å². The average Bonchev–Trinajstić information content (AvgIpc) is 3.74. The third-order valence-electron chi connectivity index (χ3n) is 10.1. The lowest BCUT2D eigenvalue weighted by molar-refractivity contribution is -0.130. The van der Waals surface area contributed by atoms with Crippen LogP contribution in [-0.4, -0.2) is 93.7 Å². The van der Waals surface area contributed by atoms with Crippen molar-refractivity contribution in [2.75, 3.05) is 38.0 Å². The van der Waals surface area contributed by atoms with Gasteiger partial charge in [-0.15, -0.1) is 10.2 Å². The molecule has 1 heterocycles. The van der Waals surface area contributed by atoms with E-state index in [1.807, 2.05) is 20.8 Å². The number of hydrogen-bond donors (Lipinski definition) is 5. The highest BCUT2D eigenvalue weighted by Crippen LogP contribution is 2.30. The first-order chi connectivity index (χ1) is 27.3. The minimum absolute atomic E-state index is 0.0331. The maximum Gasteiger partial charge on any atom is 0.407 e. The van der Waals surface area contributed by atoms with E-state index in [4.69, 9.17) is 4.74 Å². The normalized spacial score (nSPS) is 16.1. The molecular formula is C42H54FN9O5. The van der Waals surface area contributed by atoms with Crippen molar-refractivity contribution in [3.05, 3.63) is 83.7 Å². The Morgan fingerprint density at radius 3 is 2.23 bits per heavy atom. The fraction of sp³-hybridized carbons (Fsp3) is 0.452. The van der Waals surface area contributed by atoms with Crippen LogP contribution in [-0.2, 0) is 20.7 Å². The zero-order valence-corrected chi connectivity index (χ0v) is 33.4. The van der Waals surface area contributed by atoms with Crippen LogP contribution < -0.4 is 21.3 Å². The number of alkyl carbamates (subject to hydrolysis) is 1. The van der Waals surface area contributed by atoms with Crippen molar-refractivity contribution < 1.29 is 28.3 Å². The standard InChI is InChI=1S/C42H54FN9O5/c1-6-52(7-2)24-23-44-39(54)34-10-8-9-33(36(34)43)29-15-11-27(12-16-29)25-35(40(55)46-32-21-19-30(20-22-32)37-48-50-51-49-37)47-38(53)31-17-13-28(14-18-31)26-45-41(56)57-42(3,4)5/h8-12,15-16,19-22,28,31,35H,6-7,13-14,17-18,23-26H2,1-5H3,(H,44,54)(H,45,56)(H,46,55)(H,47,53)(H,48,49,50,51)/t28?,31?,35-/m0/s1. The summed E-state index contributed by atoms with van der Waals surface area (Å²) in [6, 6.07) is 17.9. The summed E-state index contributed by atoms with van der Waals surface area (Å²) in [5, 5.41) is 25.5. The number of likely N-dealkylation sites (N-methyl/N-ethyl adjacent to an activating group) is 1. The van der Waals surface area contributed by atoms with Crippen molar-refractivity contribution in [1.82, 2.24) is 41.5 Å². The number of nitrogens with zero attached hydrogens (tertiary/aromatic N) is 4. The Hall–Kier alpha value is -5.70. The Kier molecular flexibility index (Phi) is 14.8. The number of hydrogen-bond acceptors (Lipinski definition) is 9. The van der Waals surface area contributed by atoms with E-state index in [1.165, 1.54) is 6.07 Å². The predicted molar refractivity (Wildman–Crippen MR) is 216 cm³/mol. The van der Waals surface area contributed by atoms with Crippen molar-refractivity contribution in [2.24, 2.45) is 11.8 Å². The van der Waals surface area contributed by atoms with Gasteiger partial charge in [0.05, 0.1) is 5.56 Å². The molecule has 0 aliphatic heterocycles. The Bertz CT molecular complexity index is 1940. The van der Waals surface area contributed by atoms with Gasteiger partial charge in [0.1, 0.15) is 17.5 Å². The summed E-state index contributed by atoms with van der Waals surface area (Å²) in [6.45, 7) is 12.8. The van der Waals surface area contributed by atoms with Crippen molar-refractivity contribution in [3.8, 4) is 22.5 Å². The summed E-state index contributed by atoms with van der Waals surface area (Å²) >= 11 is 0. The largest absolute Gasteiger partial charge is 0.444 e. The number of H-pyrrole nitrogens is 1. The van der Waals surface area contributed by atoms with Gasteiger partial charge in [0.15, 0.2) is 0 Å². The summed E-state index contributed by atoms with van der Waals surface area (Å²) < 4.78 is 21.1. The quantitative estimate of drug-likeness (QED) is 0.0946. The number of carbonyl (C=O) groups excluding carboxylic acids is 4. The molecule has 15 heteroatoms. The first-order valence-electron chi connectivity index (χ1n) is 19.6. The number of ether oxygens (including phenoxy) is 1. The van der Waals surface area contributed by atoms with Crippen LogP contribution in [0.5, 0.6) is 0 Å². The number of rotatable bonds is 16. The maximum absolute atomic E-state index is 15.7. The van der Waals surface area contributed by atoms with Gasteiger partial charge in [0, 0.05) is 48.8 Å². The monoisotopic (exact) mass is 783 g/mol. The lowest BCUT2D eigenvalue weighted by atomic mass is 9.81. The zero-order chi connectivity index (χ0) is 41.0. The summed E-state index contributed by atoms with van der Waals surface area (Å²) in [5.74, 6) is -1.37. The van der Waals surface area contributed by atoms with E-state index >= 15 is 4.39 Å². The third kappa shape index (κ3) is 12.4. The second kappa shape index (κ2) is 19.9. The van der Waals surface area contributed by atoms with Gasteiger partial charge in [-0.05, 0) is 112 Å². The molecule has 0 radical (unpaired) electrons. The molecule has 0 spiro atoms. The van der Waals surface area contributed by atoms with Gasteiger partial charge in [0.25, 0.3) is 5.91 Å². The van der Waals surface area contributed by atoms with Gasteiger partial charge in [-0.25, -0.2) is 9.18 Å². The molecule has 1 saturated carbocycles. The fourth-order valence-electron chi connectivity index (χ4n) is 6.83. The van der Waals surface area contributed by atoms with Gasteiger partial charge in [0.2, 0.25) is 17.6 Å². The van der Waals surface area contributed by atoms with E-state index in [9.17, 15) is 19.2 Å². The van der Waals surface area contributed by atoms with Crippen molar-refractivity contribution in [2.45, 2.75) is 78.4 Å². The molecule has 0 bridgehead atoms. The molecule has 0 unspecified atom stereocenters. The number of benzene rings is 3. The summed E-state index contributed by atoms with van der Waals surface area (Å²) in [7, 11) is 0. The van der Waals surface area contributed by atoms with Crippen LogP contribution in [0.1, 0.15) is 76.2 Å². The molecule has 57 heavy (non-hydrogen) atoms. The smallest absolute Gasteiger partial charge is 0.407 e. The van der Waals surface area contributed by atoms with E-state index in [-0.39, 0.29) is 35.3 Å². The Labute approximate surface area is 333 Å². The number of amides is 4. The SMILES string of the molecule is CCN(CC)CCNC(=O)c1cccc(-c2ccc(C[C@H](NC(=O)C3CCC(CNC(=O)OC(C)(C)C)CC3)C(=O)Nc3ccc(-c4nn[nH]n4)cc3)cc2)c1F. The molecule has 5 rings (SSSR count). The fourth-order valence-corrected chi connectivity index (χ4v) is 6.83. The Morgan fingerprint density at radius 1 is 0.912 bits per heavy atom. The van der Waals surface area contributed by atoms with E-state index < -0.39 is 35.4 Å². The van der Waals surface area contributed by atoms with Crippen LogP contribution in [0.25, 0.3) is 22.5 Å². The van der Waals surface area contributed by atoms with E-state index in [0.29, 0.717) is 55.1 Å². The van der Waals surface area contributed by atoms with Crippen LogP contribution in [0.3, 0.4) is 0 Å². The molecule has 5 N–H and O–H groups in total. The second-order valence-electron chi connectivity index (χ2n) is 15.3. The first kappa shape index (κ1) is 42.4. The van der Waals surface area contributed by atoms with Gasteiger partial charge in [-0.1, -0.05) is 50.2 Å². The molecule has 1 fully saturated rings. The number of nitrogens with one attached hydrogen (secondary N) is 5. The van der Waals surface area contributed by atoms with Crippen LogP contribution in [0.2, 0.25) is 0 Å². The lowest BCUT2D eigenvalue weighted by Gasteiger charge is -2.29. The summed E-state index contributed by atoms with van der Waals surface area (Å²) in [5.41, 5.74) is 2.20. The van der Waals surface area contributed by atoms with Gasteiger partial charge < -0.3 is 30.9 Å². The van der Waals surface area contributed by atoms with Crippen LogP contribution in [0.15, 0.2) is 66.7 Å². The molecule has 0 saturated heterocycles. The number of carbonyl (C=O) groups is 4. The molecule has 1 aliphatic rings. The molecule has 4 amide bonds. The molecule has 1 aromatic heterocycles. The maximum atomic E-state index is 15.7. The van der Waals surface area contributed by atoms with Gasteiger partial charge in [-0.2, -0.15) is 5.21 Å². The minimum atomic E-state index is -0.924. The number of anilines is 1. The molecule has 14 nitrogen and oxygen atoms in total. The van der Waals surface area contributed by atoms with Crippen LogP contribution in [0.4, 0.5) is 14.9 Å². The highest BCUT2D eigenvalue weighted by atomic mass is 19.1. The molecule has 4 aromatic rings. The van der Waals surface area contributed by atoms with Gasteiger partial charge >= 0.3 is 6.09 Å². The number of halogens is 1. The Balaban J connectivity index is 1.25. The highest BCUT2D eigenvalue weighted by molar-refractivity contribution is 5.98.